The summed E-state index contributed by atoms with van der Waals surface area (Å²) in [6, 6.07) is 0. The minimum absolute atomic E-state index is 0.0524. The predicted molar refractivity (Wildman–Crippen MR) is 74.8 cm³/mol. The Morgan fingerprint density at radius 3 is 2.67 bits per heavy atom. The van der Waals surface area contributed by atoms with Crippen LogP contribution in [0.4, 0.5) is 0 Å². The van der Waals surface area contributed by atoms with Gasteiger partial charge in [0.25, 0.3) is 0 Å². The quantitative estimate of drug-likeness (QED) is 0.357. The molecule has 0 amide bonds. The first-order chi connectivity index (χ1) is 9.56. The molecule has 2 aliphatic rings. The largest absolute Gasteiger partial charge is 0.726 e. The van der Waals surface area contributed by atoms with Gasteiger partial charge in [-0.1, -0.05) is 0 Å². The van der Waals surface area contributed by atoms with Gasteiger partial charge in [0.2, 0.25) is 16.5 Å². The Morgan fingerprint density at radius 1 is 1.48 bits per heavy atom. The van der Waals surface area contributed by atoms with Gasteiger partial charge in [-0.2, -0.15) is 0 Å². The summed E-state index contributed by atoms with van der Waals surface area (Å²) in [5.74, 6) is 0.587. The third-order valence-corrected chi connectivity index (χ3v) is 6.30. The Morgan fingerprint density at radius 2 is 2.14 bits per heavy atom. The Labute approximate surface area is 126 Å². The van der Waals surface area contributed by atoms with E-state index in [9.17, 15) is 18.1 Å². The molecule has 124 valence electrons. The van der Waals surface area contributed by atoms with Crippen molar-refractivity contribution in [3.05, 3.63) is 0 Å². The van der Waals surface area contributed by atoms with Gasteiger partial charge in [0.1, 0.15) is 23.7 Å². The second kappa shape index (κ2) is 6.28. The maximum atomic E-state index is 10.8. The van der Waals surface area contributed by atoms with E-state index in [4.69, 9.17) is 14.6 Å². The maximum absolute atomic E-state index is 10.8. The molecule has 2 saturated heterocycles. The van der Waals surface area contributed by atoms with Gasteiger partial charge in [-0.25, -0.2) is 8.42 Å². The predicted octanol–water partition coefficient (Wildman–Crippen LogP) is -1.93. The molecular weight excluding hydrogens is 324 g/mol. The normalized spacial score (nSPS) is 40.3. The van der Waals surface area contributed by atoms with Crippen LogP contribution in [-0.2, 0) is 35.0 Å². The number of aliphatic hydroxyl groups excluding tert-OH is 1. The second-order valence-electron chi connectivity index (χ2n) is 5.70. The van der Waals surface area contributed by atoms with Crippen LogP contribution in [0.1, 0.15) is 13.8 Å². The highest BCUT2D eigenvalue weighted by Crippen LogP contribution is 2.28. The van der Waals surface area contributed by atoms with Crippen LogP contribution in [0, 0.1) is 0 Å². The molecule has 1 unspecified atom stereocenters. The lowest BCUT2D eigenvalue weighted by Crippen LogP contribution is -2.53. The van der Waals surface area contributed by atoms with E-state index in [1.807, 2.05) is 0 Å². The summed E-state index contributed by atoms with van der Waals surface area (Å²) in [6.07, 6.45) is -2.79. The smallest absolute Gasteiger partial charge is 0.230 e. The SMILES string of the molecule is CC1(C)OC[C@H](OS(=O)(=O)[O-])[C@@H](C[S+]2C[C@@H](O)[C@H]([OH2+])C2)O1. The second-order valence-corrected chi connectivity index (χ2v) is 8.93. The van der Waals surface area contributed by atoms with Crippen LogP contribution in [0.5, 0.6) is 0 Å². The number of aliphatic hydroxyl groups is 1. The molecule has 21 heavy (non-hydrogen) atoms. The topological polar surface area (TPSA) is 128 Å². The molecule has 2 rings (SSSR count). The Kier molecular flexibility index (Phi) is 5.21. The fraction of sp³-hybridized carbons (Fsp3) is 1.00. The molecule has 3 N–H and O–H groups in total. The third-order valence-electron chi connectivity index (χ3n) is 3.37. The van der Waals surface area contributed by atoms with Gasteiger partial charge in [-0.3, -0.25) is 4.18 Å². The van der Waals surface area contributed by atoms with Crippen molar-refractivity contribution in [2.24, 2.45) is 0 Å². The van der Waals surface area contributed by atoms with E-state index >= 15 is 0 Å². The van der Waals surface area contributed by atoms with Crippen LogP contribution >= 0.6 is 0 Å². The highest BCUT2D eigenvalue weighted by Gasteiger charge is 2.48. The molecule has 2 heterocycles. The first-order valence-corrected chi connectivity index (χ1v) is 9.61. The average molecular weight is 345 g/mol. The van der Waals surface area contributed by atoms with E-state index in [1.165, 1.54) is 0 Å². The standard InChI is InChI=1S/C11H20O8S2/c1-11(2)17-3-9(19-21(14,15)16)10(18-11)6-20-4-7(12)8(13)5-20/h7-10,12-13H,3-6H2,1-2H3/p+1/t7-,8-,9+,10-/m1/s1. The molecule has 0 aliphatic carbocycles. The van der Waals surface area contributed by atoms with Gasteiger partial charge in [0.05, 0.1) is 6.61 Å². The summed E-state index contributed by atoms with van der Waals surface area (Å²) < 4.78 is 47.9. The molecule has 0 saturated carbocycles. The van der Waals surface area contributed by atoms with Crippen molar-refractivity contribution in [3.8, 4) is 0 Å². The van der Waals surface area contributed by atoms with Crippen LogP contribution in [-0.4, -0.2) is 77.3 Å². The highest BCUT2D eigenvalue weighted by atomic mass is 32.3. The van der Waals surface area contributed by atoms with Crippen molar-refractivity contribution in [2.75, 3.05) is 23.9 Å². The van der Waals surface area contributed by atoms with Crippen LogP contribution in [0.3, 0.4) is 0 Å². The fourth-order valence-electron chi connectivity index (χ4n) is 2.41. The zero-order valence-corrected chi connectivity index (χ0v) is 13.5. The lowest BCUT2D eigenvalue weighted by atomic mass is 10.2. The van der Waals surface area contributed by atoms with E-state index in [0.717, 1.165) is 0 Å². The van der Waals surface area contributed by atoms with Crippen molar-refractivity contribution >= 4 is 21.3 Å². The third kappa shape index (κ3) is 5.03. The number of hydrogen-bond acceptors (Lipinski definition) is 7. The molecule has 2 aliphatic heterocycles. The first-order valence-electron chi connectivity index (χ1n) is 6.55. The van der Waals surface area contributed by atoms with Crippen molar-refractivity contribution in [2.45, 2.75) is 44.1 Å². The average Bonchev–Trinajstić information content (AvgIpc) is 2.60. The zero-order chi connectivity index (χ0) is 15.8. The van der Waals surface area contributed by atoms with E-state index in [2.05, 4.69) is 4.18 Å². The van der Waals surface area contributed by atoms with Crippen molar-refractivity contribution in [1.29, 1.82) is 0 Å². The van der Waals surface area contributed by atoms with Crippen LogP contribution in [0.15, 0.2) is 0 Å². The minimum atomic E-state index is -4.84. The summed E-state index contributed by atoms with van der Waals surface area (Å²) in [7, 11) is -5.10. The Hall–Kier alpha value is 0.0600. The molecule has 0 spiro atoms. The van der Waals surface area contributed by atoms with E-state index in [0.29, 0.717) is 17.3 Å². The van der Waals surface area contributed by atoms with Gasteiger partial charge < -0.3 is 24.2 Å². The molecule has 10 heteroatoms. The monoisotopic (exact) mass is 345 g/mol. The molecule has 2 fully saturated rings. The van der Waals surface area contributed by atoms with Gasteiger partial charge in [-0.15, -0.1) is 0 Å². The van der Waals surface area contributed by atoms with Gasteiger partial charge >= 0.3 is 0 Å². The molecule has 0 aromatic rings. The van der Waals surface area contributed by atoms with Gasteiger partial charge in [0, 0.05) is 10.9 Å². The lowest BCUT2D eigenvalue weighted by Gasteiger charge is -2.39. The first kappa shape index (κ1) is 17.4. The van der Waals surface area contributed by atoms with Crippen molar-refractivity contribution in [3.63, 3.8) is 0 Å². The van der Waals surface area contributed by atoms with Crippen LogP contribution in [0.2, 0.25) is 0 Å². The van der Waals surface area contributed by atoms with Crippen molar-refractivity contribution < 1.29 is 36.8 Å². The van der Waals surface area contributed by atoms with E-state index < -0.39 is 40.6 Å². The van der Waals surface area contributed by atoms with E-state index in [1.54, 1.807) is 13.8 Å². The Bertz CT molecular complexity index is 455. The molecule has 0 aromatic carbocycles. The minimum Gasteiger partial charge on any atom is -0.726 e. The molecular formula is C11H21O8S2+. The fourth-order valence-corrected chi connectivity index (χ4v) is 5.49. The van der Waals surface area contributed by atoms with Gasteiger partial charge in [-0.05, 0) is 13.8 Å². The van der Waals surface area contributed by atoms with E-state index in [-0.39, 0.29) is 17.5 Å². The number of ether oxygens (including phenoxy) is 2. The Balaban J connectivity index is 2.03. The number of rotatable bonds is 4. The molecule has 8 nitrogen and oxygen atoms in total. The van der Waals surface area contributed by atoms with Crippen LogP contribution < -0.4 is 0 Å². The zero-order valence-electron chi connectivity index (χ0n) is 11.9. The summed E-state index contributed by atoms with van der Waals surface area (Å²) in [6.45, 7) is 3.34. The molecule has 0 bridgehead atoms. The lowest BCUT2D eigenvalue weighted by molar-refractivity contribution is -0.294. The summed E-state index contributed by atoms with van der Waals surface area (Å²) in [5, 5.41) is 17.3. The number of hydrogen-bond donors (Lipinski definition) is 1. The van der Waals surface area contributed by atoms with Crippen LogP contribution in [0.25, 0.3) is 0 Å². The molecule has 0 radical (unpaired) electrons. The summed E-state index contributed by atoms with van der Waals surface area (Å²) >= 11 is 0. The summed E-state index contributed by atoms with van der Waals surface area (Å²) in [4.78, 5) is 0. The van der Waals surface area contributed by atoms with Gasteiger partial charge in [0.15, 0.2) is 17.6 Å². The summed E-state index contributed by atoms with van der Waals surface area (Å²) in [5.41, 5.74) is 0. The molecule has 5 atom stereocenters. The molecule has 0 aromatic heterocycles. The maximum Gasteiger partial charge on any atom is 0.230 e. The van der Waals surface area contributed by atoms with Crippen molar-refractivity contribution in [1.82, 2.24) is 0 Å². The highest BCUT2D eigenvalue weighted by molar-refractivity contribution is 7.97.